The number of rotatable bonds is 4. The Morgan fingerprint density at radius 2 is 2.31 bits per heavy atom. The third kappa shape index (κ3) is 3.35. The maximum atomic E-state index is 13.1. The number of carbonyl (C=O) groups is 1. The molecule has 2 nitrogen and oxygen atoms in total. The van der Waals surface area contributed by atoms with Crippen molar-refractivity contribution in [2.75, 3.05) is 6.54 Å². The Labute approximate surface area is 102 Å². The topological polar surface area (TPSA) is 29.1 Å². The van der Waals surface area contributed by atoms with Gasteiger partial charge in [-0.2, -0.15) is 0 Å². The summed E-state index contributed by atoms with van der Waals surface area (Å²) in [6.45, 7) is 0.492. The van der Waals surface area contributed by atoms with E-state index in [1.54, 1.807) is 6.07 Å². The quantitative estimate of drug-likeness (QED) is 0.668. The minimum absolute atomic E-state index is 0.185. The van der Waals surface area contributed by atoms with Crippen LogP contribution in [-0.4, -0.2) is 12.5 Å². The number of amides is 1. The van der Waals surface area contributed by atoms with Gasteiger partial charge in [0.1, 0.15) is 5.82 Å². The van der Waals surface area contributed by atoms with Crippen molar-refractivity contribution in [2.45, 2.75) is 12.8 Å². The Kier molecular flexibility index (Phi) is 5.00. The van der Waals surface area contributed by atoms with Crippen molar-refractivity contribution in [1.29, 1.82) is 0 Å². The third-order valence-electron chi connectivity index (χ3n) is 1.98. The molecule has 84 valence electrons. The molecule has 0 saturated heterocycles. The molecule has 0 saturated carbocycles. The Morgan fingerprint density at radius 1 is 1.56 bits per heavy atom. The van der Waals surface area contributed by atoms with Crippen LogP contribution >= 0.6 is 15.9 Å². The molecule has 0 radical (unpaired) electrons. The van der Waals surface area contributed by atoms with Crippen molar-refractivity contribution in [3.05, 3.63) is 34.1 Å². The molecule has 1 aromatic rings. The van der Waals surface area contributed by atoms with E-state index in [-0.39, 0.29) is 10.4 Å². The van der Waals surface area contributed by atoms with Crippen molar-refractivity contribution in [3.8, 4) is 12.3 Å². The SMILES string of the molecule is C#CCCCNC(=O)c1cccc(F)c1Br. The lowest BCUT2D eigenvalue weighted by Gasteiger charge is -2.06. The van der Waals surface area contributed by atoms with E-state index in [1.807, 2.05) is 0 Å². The zero-order valence-electron chi connectivity index (χ0n) is 8.59. The van der Waals surface area contributed by atoms with Crippen molar-refractivity contribution in [2.24, 2.45) is 0 Å². The summed E-state index contributed by atoms with van der Waals surface area (Å²) in [4.78, 5) is 11.6. The van der Waals surface area contributed by atoms with Crippen LogP contribution < -0.4 is 5.32 Å². The van der Waals surface area contributed by atoms with Crippen molar-refractivity contribution >= 4 is 21.8 Å². The fourth-order valence-electron chi connectivity index (χ4n) is 1.17. The van der Waals surface area contributed by atoms with E-state index in [4.69, 9.17) is 6.42 Å². The molecule has 1 N–H and O–H groups in total. The van der Waals surface area contributed by atoms with Crippen LogP contribution in [-0.2, 0) is 0 Å². The first-order valence-electron chi connectivity index (χ1n) is 4.82. The second-order valence-corrected chi connectivity index (χ2v) is 3.96. The zero-order valence-corrected chi connectivity index (χ0v) is 10.2. The molecule has 0 atom stereocenters. The molecule has 0 bridgehead atoms. The van der Waals surface area contributed by atoms with Crippen LogP contribution in [0.2, 0.25) is 0 Å². The van der Waals surface area contributed by atoms with E-state index >= 15 is 0 Å². The molecule has 1 amide bonds. The summed E-state index contributed by atoms with van der Waals surface area (Å²) >= 11 is 3.04. The third-order valence-corrected chi connectivity index (χ3v) is 2.79. The number of nitrogens with one attached hydrogen (secondary N) is 1. The minimum Gasteiger partial charge on any atom is -0.352 e. The normalized spacial score (nSPS) is 9.56. The van der Waals surface area contributed by atoms with Crippen LogP contribution in [0, 0.1) is 18.2 Å². The molecular formula is C12H11BrFNO. The molecule has 0 aliphatic rings. The fourth-order valence-corrected chi connectivity index (χ4v) is 1.61. The van der Waals surface area contributed by atoms with Crippen molar-refractivity contribution in [1.82, 2.24) is 5.32 Å². The van der Waals surface area contributed by atoms with Gasteiger partial charge in [0.25, 0.3) is 5.91 Å². The summed E-state index contributed by atoms with van der Waals surface area (Å²) in [7, 11) is 0. The van der Waals surface area contributed by atoms with Gasteiger partial charge >= 0.3 is 0 Å². The largest absolute Gasteiger partial charge is 0.352 e. The zero-order chi connectivity index (χ0) is 12.0. The van der Waals surface area contributed by atoms with Gasteiger partial charge in [0.05, 0.1) is 10.0 Å². The molecule has 0 spiro atoms. The van der Waals surface area contributed by atoms with Crippen LogP contribution in [0.25, 0.3) is 0 Å². The van der Waals surface area contributed by atoms with Gasteiger partial charge in [0.15, 0.2) is 0 Å². The lowest BCUT2D eigenvalue weighted by molar-refractivity contribution is 0.0952. The molecule has 1 aromatic carbocycles. The van der Waals surface area contributed by atoms with Crippen LogP contribution in [0.3, 0.4) is 0 Å². The molecule has 0 heterocycles. The van der Waals surface area contributed by atoms with Gasteiger partial charge in [-0.05, 0) is 34.5 Å². The second kappa shape index (κ2) is 6.29. The molecule has 0 aliphatic carbocycles. The highest BCUT2D eigenvalue weighted by Crippen LogP contribution is 2.20. The Bertz CT molecular complexity index is 426. The smallest absolute Gasteiger partial charge is 0.252 e. The number of halogens is 2. The number of hydrogen-bond donors (Lipinski definition) is 1. The van der Waals surface area contributed by atoms with Gasteiger partial charge in [0.2, 0.25) is 0 Å². The molecule has 16 heavy (non-hydrogen) atoms. The van der Waals surface area contributed by atoms with Crippen molar-refractivity contribution in [3.63, 3.8) is 0 Å². The van der Waals surface area contributed by atoms with Gasteiger partial charge in [-0.25, -0.2) is 4.39 Å². The van der Waals surface area contributed by atoms with Crippen LogP contribution in [0.4, 0.5) is 4.39 Å². The fraction of sp³-hybridized carbons (Fsp3) is 0.250. The molecule has 4 heteroatoms. The Balaban J connectivity index is 2.60. The summed E-state index contributed by atoms with van der Waals surface area (Å²) in [5.41, 5.74) is 0.292. The monoisotopic (exact) mass is 283 g/mol. The van der Waals surface area contributed by atoms with E-state index in [1.165, 1.54) is 12.1 Å². The molecular weight excluding hydrogens is 273 g/mol. The van der Waals surface area contributed by atoms with E-state index in [0.29, 0.717) is 18.5 Å². The highest BCUT2D eigenvalue weighted by molar-refractivity contribution is 9.10. The molecule has 1 rings (SSSR count). The average molecular weight is 284 g/mol. The first kappa shape index (κ1) is 12.7. The van der Waals surface area contributed by atoms with Crippen LogP contribution in [0.15, 0.2) is 22.7 Å². The maximum absolute atomic E-state index is 13.1. The predicted molar refractivity (Wildman–Crippen MR) is 64.5 cm³/mol. The maximum Gasteiger partial charge on any atom is 0.252 e. The highest BCUT2D eigenvalue weighted by Gasteiger charge is 2.11. The molecule has 0 aliphatic heterocycles. The lowest BCUT2D eigenvalue weighted by Crippen LogP contribution is -2.24. The van der Waals surface area contributed by atoms with Gasteiger partial charge < -0.3 is 5.32 Å². The highest BCUT2D eigenvalue weighted by atomic mass is 79.9. The molecule has 0 unspecified atom stereocenters. The molecule has 0 fully saturated rings. The average Bonchev–Trinajstić information content (AvgIpc) is 2.28. The van der Waals surface area contributed by atoms with E-state index in [0.717, 1.165) is 6.42 Å². The Hall–Kier alpha value is -1.34. The summed E-state index contributed by atoms with van der Waals surface area (Å²) in [5.74, 6) is 1.73. The van der Waals surface area contributed by atoms with Gasteiger partial charge in [-0.3, -0.25) is 4.79 Å². The van der Waals surface area contributed by atoms with E-state index in [9.17, 15) is 9.18 Å². The molecule has 0 aromatic heterocycles. The predicted octanol–water partition coefficient (Wildman–Crippen LogP) is 2.73. The van der Waals surface area contributed by atoms with Crippen LogP contribution in [0.5, 0.6) is 0 Å². The van der Waals surface area contributed by atoms with Crippen LogP contribution in [0.1, 0.15) is 23.2 Å². The summed E-state index contributed by atoms with van der Waals surface area (Å²) in [6, 6.07) is 4.35. The number of benzene rings is 1. The van der Waals surface area contributed by atoms with Gasteiger partial charge in [-0.15, -0.1) is 12.3 Å². The summed E-state index contributed by atoms with van der Waals surface area (Å²) in [6.07, 6.45) is 6.41. The van der Waals surface area contributed by atoms with E-state index in [2.05, 4.69) is 27.2 Å². The van der Waals surface area contributed by atoms with Gasteiger partial charge in [-0.1, -0.05) is 6.07 Å². The number of unbranched alkanes of at least 4 members (excludes halogenated alkanes) is 1. The minimum atomic E-state index is -0.448. The first-order valence-corrected chi connectivity index (χ1v) is 5.61. The van der Waals surface area contributed by atoms with Gasteiger partial charge in [0, 0.05) is 13.0 Å². The number of carbonyl (C=O) groups excluding carboxylic acids is 1. The second-order valence-electron chi connectivity index (χ2n) is 3.16. The Morgan fingerprint density at radius 3 is 3.00 bits per heavy atom. The summed E-state index contributed by atoms with van der Waals surface area (Å²) in [5, 5.41) is 2.67. The standard InChI is InChI=1S/C12H11BrFNO/c1-2-3-4-8-15-12(16)9-6-5-7-10(14)11(9)13/h1,5-7H,3-4,8H2,(H,15,16). The summed E-state index contributed by atoms with van der Waals surface area (Å²) < 4.78 is 13.3. The first-order chi connectivity index (χ1) is 7.66. The number of hydrogen-bond acceptors (Lipinski definition) is 1. The van der Waals surface area contributed by atoms with Crippen molar-refractivity contribution < 1.29 is 9.18 Å². The van der Waals surface area contributed by atoms with E-state index < -0.39 is 5.82 Å². The number of terminal acetylenes is 1. The lowest BCUT2D eigenvalue weighted by atomic mass is 10.2.